The molecule has 0 bridgehead atoms. The van der Waals surface area contributed by atoms with Crippen molar-refractivity contribution >= 4 is 16.8 Å². The molecule has 0 unspecified atom stereocenters. The van der Waals surface area contributed by atoms with Gasteiger partial charge in [-0.1, -0.05) is 26.3 Å². The van der Waals surface area contributed by atoms with Gasteiger partial charge in [-0.05, 0) is 61.8 Å². The van der Waals surface area contributed by atoms with E-state index in [2.05, 4.69) is 33.8 Å². The summed E-state index contributed by atoms with van der Waals surface area (Å²) in [7, 11) is 0. The highest BCUT2D eigenvalue weighted by molar-refractivity contribution is 5.82. The number of allylic oxidation sites excluding steroid dienone is 1. The first kappa shape index (κ1) is 20.4. The van der Waals surface area contributed by atoms with Crippen LogP contribution < -0.4 is 10.4 Å². The van der Waals surface area contributed by atoms with E-state index in [4.69, 9.17) is 9.15 Å². The summed E-state index contributed by atoms with van der Waals surface area (Å²) in [5.41, 5.74) is 1.51. The molecule has 1 heterocycles. The van der Waals surface area contributed by atoms with Crippen LogP contribution in [0.15, 0.2) is 51.2 Å². The smallest absolute Gasteiger partial charge is 0.336 e. The quantitative estimate of drug-likeness (QED) is 0.486. The SMILES string of the molecule is C/C(=C\COc1ccc2ccc(=O)oc2c1)CC[C@@]1(C)[C@H](C)C(=O)CC[C@@H]1C. The molecule has 4 heteroatoms. The minimum Gasteiger partial charge on any atom is -0.489 e. The van der Waals surface area contributed by atoms with Crippen LogP contribution in [0.5, 0.6) is 5.75 Å². The molecule has 150 valence electrons. The zero-order chi connectivity index (χ0) is 20.3. The van der Waals surface area contributed by atoms with Crippen molar-refractivity contribution in [1.29, 1.82) is 0 Å². The van der Waals surface area contributed by atoms with Gasteiger partial charge < -0.3 is 9.15 Å². The Balaban J connectivity index is 1.57. The van der Waals surface area contributed by atoms with Gasteiger partial charge in [-0.2, -0.15) is 0 Å². The fourth-order valence-corrected chi connectivity index (χ4v) is 4.14. The summed E-state index contributed by atoms with van der Waals surface area (Å²) in [5.74, 6) is 1.79. The Labute approximate surface area is 166 Å². The number of carbonyl (C=O) groups is 1. The lowest BCUT2D eigenvalue weighted by molar-refractivity contribution is -0.132. The average Bonchev–Trinajstić information content (AvgIpc) is 2.68. The zero-order valence-electron chi connectivity index (χ0n) is 17.3. The van der Waals surface area contributed by atoms with Crippen molar-refractivity contribution in [3.05, 3.63) is 52.4 Å². The topological polar surface area (TPSA) is 56.5 Å². The maximum absolute atomic E-state index is 12.2. The highest BCUT2D eigenvalue weighted by atomic mass is 16.5. The number of hydrogen-bond donors (Lipinski definition) is 0. The van der Waals surface area contributed by atoms with E-state index >= 15 is 0 Å². The molecule has 4 nitrogen and oxygen atoms in total. The lowest BCUT2D eigenvalue weighted by Crippen LogP contribution is -2.41. The molecule has 1 fully saturated rings. The molecule has 0 amide bonds. The molecule has 1 aromatic carbocycles. The van der Waals surface area contributed by atoms with Crippen molar-refractivity contribution in [3.8, 4) is 5.75 Å². The normalized spacial score (nSPS) is 25.9. The summed E-state index contributed by atoms with van der Waals surface area (Å²) >= 11 is 0. The number of carbonyl (C=O) groups excluding carboxylic acids is 1. The molecule has 3 atom stereocenters. The van der Waals surface area contributed by atoms with Gasteiger partial charge in [0.15, 0.2) is 0 Å². The number of ether oxygens (including phenoxy) is 1. The third-order valence-electron chi connectivity index (χ3n) is 6.76. The number of hydrogen-bond acceptors (Lipinski definition) is 4. The predicted octanol–water partition coefficient (Wildman–Crippen LogP) is 5.54. The van der Waals surface area contributed by atoms with Crippen LogP contribution in [-0.2, 0) is 4.79 Å². The minimum atomic E-state index is -0.362. The van der Waals surface area contributed by atoms with Gasteiger partial charge >= 0.3 is 5.63 Å². The van der Waals surface area contributed by atoms with Gasteiger partial charge in [-0.3, -0.25) is 4.79 Å². The lowest BCUT2D eigenvalue weighted by atomic mass is 9.59. The Kier molecular flexibility index (Phi) is 6.07. The van der Waals surface area contributed by atoms with Crippen LogP contribution in [0, 0.1) is 17.3 Å². The number of Topliss-reactive ketones (excluding diaryl/α,β-unsaturated/α-hetero) is 1. The molecular formula is C24H30O4. The molecule has 3 rings (SSSR count). The third-order valence-corrected chi connectivity index (χ3v) is 6.76. The first-order valence-electron chi connectivity index (χ1n) is 10.1. The molecule has 0 radical (unpaired) electrons. The van der Waals surface area contributed by atoms with E-state index in [1.54, 1.807) is 12.1 Å². The van der Waals surface area contributed by atoms with Gasteiger partial charge in [-0.15, -0.1) is 0 Å². The highest BCUT2D eigenvalue weighted by Crippen LogP contribution is 2.47. The van der Waals surface area contributed by atoms with Crippen molar-refractivity contribution in [3.63, 3.8) is 0 Å². The zero-order valence-corrected chi connectivity index (χ0v) is 17.3. The number of benzene rings is 1. The van der Waals surface area contributed by atoms with Gasteiger partial charge in [0, 0.05) is 29.9 Å². The van der Waals surface area contributed by atoms with Crippen molar-refractivity contribution in [2.24, 2.45) is 17.3 Å². The fourth-order valence-electron chi connectivity index (χ4n) is 4.14. The van der Waals surface area contributed by atoms with Gasteiger partial charge in [0.1, 0.15) is 23.7 Å². The second kappa shape index (κ2) is 8.34. The summed E-state index contributed by atoms with van der Waals surface area (Å²) in [4.78, 5) is 23.5. The summed E-state index contributed by atoms with van der Waals surface area (Å²) in [6.07, 6.45) is 5.81. The Bertz CT molecular complexity index is 939. The van der Waals surface area contributed by atoms with E-state index in [1.807, 2.05) is 12.1 Å². The van der Waals surface area contributed by atoms with E-state index in [0.717, 1.165) is 31.1 Å². The van der Waals surface area contributed by atoms with E-state index in [9.17, 15) is 9.59 Å². The summed E-state index contributed by atoms with van der Waals surface area (Å²) in [6.45, 7) is 9.23. The van der Waals surface area contributed by atoms with E-state index in [0.29, 0.717) is 29.6 Å². The van der Waals surface area contributed by atoms with Gasteiger partial charge in [-0.25, -0.2) is 4.79 Å². The Hall–Kier alpha value is -2.36. The van der Waals surface area contributed by atoms with E-state index in [1.165, 1.54) is 11.6 Å². The molecule has 1 aliphatic carbocycles. The highest BCUT2D eigenvalue weighted by Gasteiger charge is 2.42. The molecule has 28 heavy (non-hydrogen) atoms. The Morgan fingerprint density at radius 2 is 2.00 bits per heavy atom. The molecular weight excluding hydrogens is 352 g/mol. The third kappa shape index (κ3) is 4.37. The van der Waals surface area contributed by atoms with Crippen LogP contribution in [0.25, 0.3) is 11.0 Å². The second-order valence-corrected chi connectivity index (χ2v) is 8.45. The Morgan fingerprint density at radius 3 is 2.79 bits per heavy atom. The van der Waals surface area contributed by atoms with E-state index < -0.39 is 0 Å². The average molecular weight is 383 g/mol. The van der Waals surface area contributed by atoms with E-state index in [-0.39, 0.29) is 17.0 Å². The van der Waals surface area contributed by atoms with Crippen LogP contribution in [-0.4, -0.2) is 12.4 Å². The standard InChI is InChI=1S/C24H30O4/c1-16(11-13-24(4)17(2)5-9-21(25)18(24)3)12-14-27-20-8-6-19-7-10-23(26)28-22(19)15-20/h6-8,10,12,15,17-18H,5,9,11,13-14H2,1-4H3/b16-12+/t17-,18+,24+/m0/s1. The summed E-state index contributed by atoms with van der Waals surface area (Å²) in [5, 5.41) is 0.872. The van der Waals surface area contributed by atoms with Gasteiger partial charge in [0.2, 0.25) is 0 Å². The molecule has 1 aromatic heterocycles. The summed E-state index contributed by atoms with van der Waals surface area (Å²) < 4.78 is 11.0. The number of fused-ring (bicyclic) bond motifs is 1. The van der Waals surface area contributed by atoms with Crippen molar-refractivity contribution in [2.75, 3.05) is 6.61 Å². The molecule has 1 saturated carbocycles. The molecule has 0 spiro atoms. The number of rotatable bonds is 6. The molecule has 2 aromatic rings. The molecule has 1 aliphatic rings. The summed E-state index contributed by atoms with van der Waals surface area (Å²) in [6, 6.07) is 8.67. The monoisotopic (exact) mass is 382 g/mol. The number of ketones is 1. The maximum Gasteiger partial charge on any atom is 0.336 e. The lowest BCUT2D eigenvalue weighted by Gasteiger charge is -2.44. The fraction of sp³-hybridized carbons (Fsp3) is 0.500. The van der Waals surface area contributed by atoms with Gasteiger partial charge in [0.05, 0.1) is 0 Å². The molecule has 0 aliphatic heterocycles. The van der Waals surface area contributed by atoms with Crippen molar-refractivity contribution < 1.29 is 13.9 Å². The molecule has 0 N–H and O–H groups in total. The minimum absolute atomic E-state index is 0.0706. The Morgan fingerprint density at radius 1 is 1.25 bits per heavy atom. The van der Waals surface area contributed by atoms with Crippen molar-refractivity contribution in [1.82, 2.24) is 0 Å². The van der Waals surface area contributed by atoms with Gasteiger partial charge in [0.25, 0.3) is 0 Å². The van der Waals surface area contributed by atoms with Crippen LogP contribution in [0.2, 0.25) is 0 Å². The maximum atomic E-state index is 12.2. The molecule has 0 saturated heterocycles. The largest absolute Gasteiger partial charge is 0.489 e. The second-order valence-electron chi connectivity index (χ2n) is 8.45. The van der Waals surface area contributed by atoms with Crippen LogP contribution in [0.1, 0.15) is 53.4 Å². The first-order valence-corrected chi connectivity index (χ1v) is 10.1. The van der Waals surface area contributed by atoms with Crippen LogP contribution in [0.4, 0.5) is 0 Å². The van der Waals surface area contributed by atoms with Crippen molar-refractivity contribution in [2.45, 2.75) is 53.4 Å². The predicted molar refractivity (Wildman–Crippen MR) is 112 cm³/mol. The van der Waals surface area contributed by atoms with Crippen LogP contribution in [0.3, 0.4) is 0 Å². The van der Waals surface area contributed by atoms with Crippen LogP contribution >= 0.6 is 0 Å². The first-order chi connectivity index (χ1) is 13.3.